The molecule has 1 aromatic rings. The van der Waals surface area contributed by atoms with Crippen LogP contribution in [0, 0.1) is 0 Å². The first kappa shape index (κ1) is 12.7. The number of thiophene rings is 1. The summed E-state index contributed by atoms with van der Waals surface area (Å²) in [5, 5.41) is 1.83. The van der Waals surface area contributed by atoms with Crippen molar-refractivity contribution in [1.82, 2.24) is 4.90 Å². The number of nitrogens with zero attached hydrogens (tertiary/aromatic N) is 1. The van der Waals surface area contributed by atoms with Gasteiger partial charge in [0, 0.05) is 7.05 Å². The fraction of sp³-hybridized carbons (Fsp3) is 0.455. The smallest absolute Gasteiger partial charge is 0.325 e. The number of rotatable bonds is 4. The molecule has 0 aromatic carbocycles. The monoisotopic (exact) mass is 241 g/mol. The van der Waals surface area contributed by atoms with Crippen molar-refractivity contribution in [3.63, 3.8) is 0 Å². The maximum absolute atomic E-state index is 11.8. The summed E-state index contributed by atoms with van der Waals surface area (Å²) >= 11 is 1.36. The van der Waals surface area contributed by atoms with Gasteiger partial charge in [0.1, 0.15) is 6.54 Å². The first-order valence-electron chi connectivity index (χ1n) is 4.99. The molecular formula is C11H15NO3S. The van der Waals surface area contributed by atoms with E-state index in [-0.39, 0.29) is 24.5 Å². The Kier molecular flexibility index (Phi) is 4.49. The number of hydrogen-bond donors (Lipinski definition) is 0. The number of hydrogen-bond acceptors (Lipinski definition) is 4. The van der Waals surface area contributed by atoms with E-state index in [0.29, 0.717) is 4.88 Å². The average molecular weight is 241 g/mol. The highest BCUT2D eigenvalue weighted by Crippen LogP contribution is 2.10. The van der Waals surface area contributed by atoms with E-state index in [1.54, 1.807) is 33.0 Å². The fourth-order valence-electron chi connectivity index (χ4n) is 1.15. The van der Waals surface area contributed by atoms with Crippen molar-refractivity contribution < 1.29 is 14.3 Å². The molecule has 0 spiro atoms. The van der Waals surface area contributed by atoms with Gasteiger partial charge < -0.3 is 9.64 Å². The third kappa shape index (κ3) is 3.66. The summed E-state index contributed by atoms with van der Waals surface area (Å²) in [7, 11) is 1.59. The van der Waals surface area contributed by atoms with Gasteiger partial charge in [0.15, 0.2) is 0 Å². The molecule has 1 aromatic heterocycles. The van der Waals surface area contributed by atoms with E-state index < -0.39 is 0 Å². The lowest BCUT2D eigenvalue weighted by Gasteiger charge is -2.16. The van der Waals surface area contributed by atoms with Gasteiger partial charge in [-0.1, -0.05) is 6.07 Å². The van der Waals surface area contributed by atoms with Gasteiger partial charge in [0.05, 0.1) is 11.0 Å². The first-order chi connectivity index (χ1) is 7.50. The largest absolute Gasteiger partial charge is 0.462 e. The van der Waals surface area contributed by atoms with E-state index in [9.17, 15) is 9.59 Å². The standard InChI is InChI=1S/C11H15NO3S/c1-8(2)15-10(13)7-12(3)11(14)9-5-4-6-16-9/h4-6,8H,7H2,1-3H3. The zero-order valence-corrected chi connectivity index (χ0v) is 10.4. The van der Waals surface area contributed by atoms with Crippen LogP contribution in [-0.2, 0) is 9.53 Å². The Balaban J connectivity index is 2.49. The van der Waals surface area contributed by atoms with Crippen LogP contribution in [0.25, 0.3) is 0 Å². The highest BCUT2D eigenvalue weighted by molar-refractivity contribution is 7.12. The van der Waals surface area contributed by atoms with Gasteiger partial charge in [-0.25, -0.2) is 0 Å². The van der Waals surface area contributed by atoms with Gasteiger partial charge in [-0.15, -0.1) is 11.3 Å². The van der Waals surface area contributed by atoms with Crippen LogP contribution in [0.5, 0.6) is 0 Å². The van der Waals surface area contributed by atoms with E-state index in [1.807, 2.05) is 5.38 Å². The third-order valence-corrected chi connectivity index (χ3v) is 2.67. The minimum Gasteiger partial charge on any atom is -0.462 e. The molecule has 0 saturated carbocycles. The first-order valence-corrected chi connectivity index (χ1v) is 5.87. The van der Waals surface area contributed by atoms with Gasteiger partial charge in [-0.3, -0.25) is 9.59 Å². The van der Waals surface area contributed by atoms with Crippen LogP contribution in [0.2, 0.25) is 0 Å². The summed E-state index contributed by atoms with van der Waals surface area (Å²) in [6, 6.07) is 3.54. The quantitative estimate of drug-likeness (QED) is 0.755. The minimum atomic E-state index is -0.387. The molecule has 1 heterocycles. The van der Waals surface area contributed by atoms with Crippen molar-refractivity contribution in [2.45, 2.75) is 20.0 Å². The Morgan fingerprint density at radius 3 is 2.69 bits per heavy atom. The second-order valence-corrected chi connectivity index (χ2v) is 4.62. The Labute approximate surface area is 98.8 Å². The highest BCUT2D eigenvalue weighted by Gasteiger charge is 2.16. The zero-order chi connectivity index (χ0) is 12.1. The number of amides is 1. The molecule has 1 amide bonds. The molecular weight excluding hydrogens is 226 g/mol. The highest BCUT2D eigenvalue weighted by atomic mass is 32.1. The summed E-state index contributed by atoms with van der Waals surface area (Å²) in [5.41, 5.74) is 0. The molecule has 88 valence electrons. The Morgan fingerprint density at radius 2 is 2.19 bits per heavy atom. The SMILES string of the molecule is CC(C)OC(=O)CN(C)C(=O)c1cccs1. The van der Waals surface area contributed by atoms with Crippen LogP contribution in [0.3, 0.4) is 0 Å². The molecule has 4 nitrogen and oxygen atoms in total. The number of carbonyl (C=O) groups excluding carboxylic acids is 2. The van der Waals surface area contributed by atoms with Crippen LogP contribution >= 0.6 is 11.3 Å². The molecule has 0 aliphatic heterocycles. The van der Waals surface area contributed by atoms with Gasteiger partial charge in [0.2, 0.25) is 0 Å². The molecule has 0 atom stereocenters. The van der Waals surface area contributed by atoms with Gasteiger partial charge in [-0.2, -0.15) is 0 Å². The van der Waals surface area contributed by atoms with Crippen molar-refractivity contribution in [1.29, 1.82) is 0 Å². The second kappa shape index (κ2) is 5.65. The Bertz CT molecular complexity index is 359. The minimum absolute atomic E-state index is 0.0189. The maximum atomic E-state index is 11.8. The van der Waals surface area contributed by atoms with Gasteiger partial charge in [-0.05, 0) is 25.3 Å². The zero-order valence-electron chi connectivity index (χ0n) is 9.60. The fourth-order valence-corrected chi connectivity index (χ4v) is 1.87. The number of carbonyl (C=O) groups is 2. The maximum Gasteiger partial charge on any atom is 0.325 e. The number of likely N-dealkylation sites (N-methyl/N-ethyl adjacent to an activating group) is 1. The summed E-state index contributed by atoms with van der Waals surface area (Å²) in [4.78, 5) is 25.1. The van der Waals surface area contributed by atoms with Gasteiger partial charge in [0.25, 0.3) is 5.91 Å². The topological polar surface area (TPSA) is 46.6 Å². The summed E-state index contributed by atoms with van der Waals surface area (Å²) in [6.45, 7) is 3.53. The van der Waals surface area contributed by atoms with Crippen LogP contribution in [0.4, 0.5) is 0 Å². The predicted octanol–water partition coefficient (Wildman–Crippen LogP) is 1.77. The molecule has 0 bridgehead atoms. The summed E-state index contributed by atoms with van der Waals surface area (Å²) in [6.07, 6.45) is -0.155. The summed E-state index contributed by atoms with van der Waals surface area (Å²) in [5.74, 6) is -0.543. The van der Waals surface area contributed by atoms with E-state index in [0.717, 1.165) is 0 Å². The van der Waals surface area contributed by atoms with E-state index in [2.05, 4.69) is 0 Å². The Hall–Kier alpha value is -1.36. The second-order valence-electron chi connectivity index (χ2n) is 3.68. The lowest BCUT2D eigenvalue weighted by Crippen LogP contribution is -2.33. The van der Waals surface area contributed by atoms with Crippen LogP contribution in [0.15, 0.2) is 17.5 Å². The lowest BCUT2D eigenvalue weighted by atomic mass is 10.4. The predicted molar refractivity (Wildman–Crippen MR) is 62.5 cm³/mol. The van der Waals surface area contributed by atoms with Crippen LogP contribution in [0.1, 0.15) is 23.5 Å². The van der Waals surface area contributed by atoms with Crippen molar-refractivity contribution in [2.24, 2.45) is 0 Å². The van der Waals surface area contributed by atoms with Crippen molar-refractivity contribution in [2.75, 3.05) is 13.6 Å². The number of esters is 1. The van der Waals surface area contributed by atoms with Crippen LogP contribution < -0.4 is 0 Å². The summed E-state index contributed by atoms with van der Waals surface area (Å²) < 4.78 is 4.96. The average Bonchev–Trinajstić information content (AvgIpc) is 2.67. The van der Waals surface area contributed by atoms with Crippen molar-refractivity contribution in [3.05, 3.63) is 22.4 Å². The molecule has 16 heavy (non-hydrogen) atoms. The van der Waals surface area contributed by atoms with E-state index in [4.69, 9.17) is 4.74 Å². The molecule has 0 fully saturated rings. The van der Waals surface area contributed by atoms with E-state index >= 15 is 0 Å². The molecule has 5 heteroatoms. The molecule has 0 N–H and O–H groups in total. The van der Waals surface area contributed by atoms with Crippen LogP contribution in [-0.4, -0.2) is 36.5 Å². The third-order valence-electron chi connectivity index (χ3n) is 1.81. The molecule has 1 rings (SSSR count). The Morgan fingerprint density at radius 1 is 1.50 bits per heavy atom. The number of ether oxygens (including phenoxy) is 1. The lowest BCUT2D eigenvalue weighted by molar-refractivity contribution is -0.147. The molecule has 0 saturated heterocycles. The molecule has 0 radical (unpaired) electrons. The normalized spacial score (nSPS) is 10.2. The van der Waals surface area contributed by atoms with Crippen molar-refractivity contribution >= 4 is 23.2 Å². The van der Waals surface area contributed by atoms with Gasteiger partial charge >= 0.3 is 5.97 Å². The molecule has 0 aliphatic rings. The molecule has 0 unspecified atom stereocenters. The molecule has 0 aliphatic carbocycles. The van der Waals surface area contributed by atoms with E-state index in [1.165, 1.54) is 16.2 Å². The van der Waals surface area contributed by atoms with Crippen molar-refractivity contribution in [3.8, 4) is 0 Å².